The summed E-state index contributed by atoms with van der Waals surface area (Å²) in [6, 6.07) is 14.3. The van der Waals surface area contributed by atoms with Gasteiger partial charge in [0.15, 0.2) is 0 Å². The molecule has 1 aromatic heterocycles. The number of halogens is 1. The van der Waals surface area contributed by atoms with Crippen molar-refractivity contribution in [3.05, 3.63) is 71.9 Å². The lowest BCUT2D eigenvalue weighted by molar-refractivity contribution is -0.113. The molecule has 0 unspecified atom stereocenters. The van der Waals surface area contributed by atoms with Crippen molar-refractivity contribution in [3.63, 3.8) is 0 Å². The smallest absolute Gasteiger partial charge is 0.234 e. The van der Waals surface area contributed by atoms with E-state index in [4.69, 9.17) is 21.1 Å². The Morgan fingerprint density at radius 1 is 1.16 bits per heavy atom. The Morgan fingerprint density at radius 2 is 1.84 bits per heavy atom. The van der Waals surface area contributed by atoms with Crippen molar-refractivity contribution in [3.8, 4) is 11.5 Å². The molecule has 1 N–H and O–H groups in total. The number of aromatic nitrogens is 3. The van der Waals surface area contributed by atoms with E-state index in [9.17, 15) is 4.79 Å². The van der Waals surface area contributed by atoms with E-state index in [1.54, 1.807) is 35.0 Å². The first-order chi connectivity index (χ1) is 15.1. The first-order valence-corrected chi connectivity index (χ1v) is 11.0. The number of thioether (sulfide) groups is 1. The number of rotatable bonds is 11. The third kappa shape index (κ3) is 6.77. The molecule has 0 aliphatic rings. The number of hydrogen-bond donors (Lipinski definition) is 1. The predicted molar refractivity (Wildman–Crippen MR) is 123 cm³/mol. The minimum atomic E-state index is -0.134. The summed E-state index contributed by atoms with van der Waals surface area (Å²) < 4.78 is 12.9. The number of nitrogens with one attached hydrogen (secondary N) is 1. The van der Waals surface area contributed by atoms with E-state index in [1.807, 2.05) is 31.2 Å². The Morgan fingerprint density at radius 3 is 2.52 bits per heavy atom. The second-order valence-electron chi connectivity index (χ2n) is 6.35. The van der Waals surface area contributed by atoms with Crippen molar-refractivity contribution < 1.29 is 14.3 Å². The molecule has 31 heavy (non-hydrogen) atoms. The van der Waals surface area contributed by atoms with Crippen LogP contribution < -0.4 is 14.8 Å². The molecule has 0 bridgehead atoms. The Labute approximate surface area is 190 Å². The number of carbonyl (C=O) groups is 1. The number of anilines is 1. The van der Waals surface area contributed by atoms with Gasteiger partial charge in [-0.3, -0.25) is 4.79 Å². The van der Waals surface area contributed by atoms with Crippen LogP contribution in [0.4, 0.5) is 5.69 Å². The summed E-state index contributed by atoms with van der Waals surface area (Å²) in [6.45, 7) is 6.98. The van der Waals surface area contributed by atoms with Gasteiger partial charge in [-0.05, 0) is 55.5 Å². The summed E-state index contributed by atoms with van der Waals surface area (Å²) in [7, 11) is 0. The van der Waals surface area contributed by atoms with E-state index < -0.39 is 0 Å². The summed E-state index contributed by atoms with van der Waals surface area (Å²) in [6.07, 6.45) is 1.72. The Hall–Kier alpha value is -2.97. The molecule has 3 aromatic rings. The number of ether oxygens (including phenoxy) is 2. The summed E-state index contributed by atoms with van der Waals surface area (Å²) in [5.74, 6) is 1.50. The van der Waals surface area contributed by atoms with E-state index in [0.29, 0.717) is 35.3 Å². The van der Waals surface area contributed by atoms with E-state index in [1.165, 1.54) is 11.8 Å². The van der Waals surface area contributed by atoms with Crippen molar-refractivity contribution in [1.82, 2.24) is 15.0 Å². The highest BCUT2D eigenvalue weighted by atomic mass is 35.5. The Kier molecular flexibility index (Phi) is 8.37. The third-order valence-corrected chi connectivity index (χ3v) is 5.41. The summed E-state index contributed by atoms with van der Waals surface area (Å²) >= 11 is 7.25. The largest absolute Gasteiger partial charge is 0.494 e. The minimum Gasteiger partial charge on any atom is -0.494 e. The van der Waals surface area contributed by atoms with Crippen molar-refractivity contribution in [2.75, 3.05) is 17.7 Å². The summed E-state index contributed by atoms with van der Waals surface area (Å²) in [5, 5.41) is 12.6. The number of allylic oxidation sites excluding steroid dienone is 1. The topological polar surface area (TPSA) is 78.3 Å². The first-order valence-electron chi connectivity index (χ1n) is 9.66. The van der Waals surface area contributed by atoms with Crippen molar-refractivity contribution in [2.45, 2.75) is 25.1 Å². The minimum absolute atomic E-state index is 0.134. The number of hydrogen-bond acceptors (Lipinski definition) is 6. The molecule has 0 saturated heterocycles. The molecule has 0 spiro atoms. The molecule has 7 nitrogen and oxygen atoms in total. The molecule has 162 valence electrons. The number of benzene rings is 2. The molecule has 1 heterocycles. The van der Waals surface area contributed by atoms with Gasteiger partial charge in [-0.25, -0.2) is 4.68 Å². The van der Waals surface area contributed by atoms with Gasteiger partial charge in [0.2, 0.25) is 5.91 Å². The lowest BCUT2D eigenvalue weighted by atomic mass is 10.3. The standard InChI is InChI=1S/C22H23ClN4O3S/c1-3-13-27-22(20(25-26-27)14-30-19-9-5-16(23)6-10-19)31-15-21(28)24-17-7-11-18(12-8-17)29-4-2/h3,5-12H,1,4,13-15H2,2H3,(H,24,28). The van der Waals surface area contributed by atoms with Crippen LogP contribution in [0.15, 0.2) is 66.2 Å². The van der Waals surface area contributed by atoms with Gasteiger partial charge in [0, 0.05) is 10.7 Å². The third-order valence-electron chi connectivity index (χ3n) is 4.03. The molecule has 0 aliphatic heterocycles. The maximum atomic E-state index is 12.4. The molecule has 0 saturated carbocycles. The number of nitrogens with zero attached hydrogens (tertiary/aromatic N) is 3. The van der Waals surface area contributed by atoms with Crippen LogP contribution in [0.3, 0.4) is 0 Å². The Bertz CT molecular complexity index is 1010. The van der Waals surface area contributed by atoms with Crippen LogP contribution in [0, 0.1) is 0 Å². The van der Waals surface area contributed by atoms with E-state index in [2.05, 4.69) is 22.2 Å². The molecule has 0 radical (unpaired) electrons. The molecule has 3 rings (SSSR count). The quantitative estimate of drug-likeness (QED) is 0.327. The first kappa shape index (κ1) is 22.7. The second kappa shape index (κ2) is 11.4. The van der Waals surface area contributed by atoms with Gasteiger partial charge >= 0.3 is 0 Å². The zero-order valence-electron chi connectivity index (χ0n) is 17.1. The zero-order chi connectivity index (χ0) is 22.1. The fraction of sp³-hybridized carbons (Fsp3) is 0.227. The lowest BCUT2D eigenvalue weighted by Crippen LogP contribution is -2.15. The van der Waals surface area contributed by atoms with Crippen LogP contribution in [-0.2, 0) is 17.9 Å². The highest BCUT2D eigenvalue weighted by molar-refractivity contribution is 8.00. The highest BCUT2D eigenvalue weighted by Gasteiger charge is 2.16. The van der Waals surface area contributed by atoms with Crippen LogP contribution in [0.25, 0.3) is 0 Å². The van der Waals surface area contributed by atoms with Gasteiger partial charge in [-0.15, -0.1) is 11.7 Å². The van der Waals surface area contributed by atoms with Crippen molar-refractivity contribution in [1.29, 1.82) is 0 Å². The van der Waals surface area contributed by atoms with Gasteiger partial charge in [0.25, 0.3) is 0 Å². The molecular formula is C22H23ClN4O3S. The van der Waals surface area contributed by atoms with Gasteiger partial charge < -0.3 is 14.8 Å². The van der Waals surface area contributed by atoms with Gasteiger partial charge in [-0.1, -0.05) is 34.7 Å². The maximum Gasteiger partial charge on any atom is 0.234 e. The second-order valence-corrected chi connectivity index (χ2v) is 7.75. The van der Waals surface area contributed by atoms with Crippen LogP contribution in [0.2, 0.25) is 5.02 Å². The van der Waals surface area contributed by atoms with Gasteiger partial charge in [0.1, 0.15) is 28.8 Å². The molecule has 0 aliphatic carbocycles. The van der Waals surface area contributed by atoms with E-state index in [0.717, 1.165) is 10.8 Å². The van der Waals surface area contributed by atoms with E-state index >= 15 is 0 Å². The molecule has 0 fully saturated rings. The predicted octanol–water partition coefficient (Wildman–Crippen LogP) is 4.83. The van der Waals surface area contributed by atoms with Crippen molar-refractivity contribution >= 4 is 35.0 Å². The fourth-order valence-electron chi connectivity index (χ4n) is 2.65. The molecular weight excluding hydrogens is 436 g/mol. The molecule has 2 aromatic carbocycles. The fourth-order valence-corrected chi connectivity index (χ4v) is 3.64. The van der Waals surface area contributed by atoms with E-state index in [-0.39, 0.29) is 18.3 Å². The van der Waals surface area contributed by atoms with Crippen LogP contribution >= 0.6 is 23.4 Å². The average Bonchev–Trinajstić information content (AvgIpc) is 3.15. The summed E-state index contributed by atoms with van der Waals surface area (Å²) in [5.41, 5.74) is 1.36. The normalized spacial score (nSPS) is 10.5. The zero-order valence-corrected chi connectivity index (χ0v) is 18.7. The summed E-state index contributed by atoms with van der Waals surface area (Å²) in [4.78, 5) is 12.4. The van der Waals surface area contributed by atoms with Gasteiger partial charge in [-0.2, -0.15) is 0 Å². The molecule has 1 amide bonds. The van der Waals surface area contributed by atoms with Crippen LogP contribution in [0.5, 0.6) is 11.5 Å². The lowest BCUT2D eigenvalue weighted by Gasteiger charge is -2.09. The molecule has 9 heteroatoms. The van der Waals surface area contributed by atoms with Crippen LogP contribution in [-0.4, -0.2) is 33.3 Å². The number of carbonyl (C=O) groups excluding carboxylic acids is 1. The molecule has 0 atom stereocenters. The maximum absolute atomic E-state index is 12.4. The van der Waals surface area contributed by atoms with Crippen molar-refractivity contribution in [2.24, 2.45) is 0 Å². The number of amides is 1. The van der Waals surface area contributed by atoms with Crippen LogP contribution in [0.1, 0.15) is 12.6 Å². The SMILES string of the molecule is C=CCn1nnc(COc2ccc(Cl)cc2)c1SCC(=O)Nc1ccc(OCC)cc1. The van der Waals surface area contributed by atoms with Gasteiger partial charge in [0.05, 0.1) is 18.9 Å². The highest BCUT2D eigenvalue weighted by Crippen LogP contribution is 2.24. The Balaban J connectivity index is 1.60. The average molecular weight is 459 g/mol. The monoisotopic (exact) mass is 458 g/mol.